The molecule has 1 aromatic carbocycles. The Labute approximate surface area is 107 Å². The number of benzene rings is 1. The van der Waals surface area contributed by atoms with Crippen LogP contribution < -0.4 is 11.3 Å². The van der Waals surface area contributed by atoms with Crippen LogP contribution in [-0.2, 0) is 19.9 Å². The molecule has 0 spiro atoms. The van der Waals surface area contributed by atoms with Gasteiger partial charge in [0, 0.05) is 25.7 Å². The monoisotopic (exact) mass is 245 g/mol. The summed E-state index contributed by atoms with van der Waals surface area (Å²) in [6.07, 6.45) is 3.57. The molecule has 0 amide bonds. The summed E-state index contributed by atoms with van der Waals surface area (Å²) in [6.45, 7) is 2.09. The van der Waals surface area contributed by atoms with Crippen LogP contribution in [0.1, 0.15) is 16.8 Å². The number of nitrogens with two attached hydrogens (primary N) is 1. The summed E-state index contributed by atoms with van der Waals surface area (Å²) in [7, 11) is 1.86. The lowest BCUT2D eigenvalue weighted by Crippen LogP contribution is -2.38. The van der Waals surface area contributed by atoms with E-state index < -0.39 is 0 Å². The molecule has 0 saturated heterocycles. The van der Waals surface area contributed by atoms with Gasteiger partial charge < -0.3 is 0 Å². The van der Waals surface area contributed by atoms with Crippen LogP contribution in [0.3, 0.4) is 0 Å². The molecule has 96 valence electrons. The molecule has 18 heavy (non-hydrogen) atoms. The van der Waals surface area contributed by atoms with E-state index in [2.05, 4.69) is 46.9 Å². The largest absolute Gasteiger partial charge is 0.271 e. The van der Waals surface area contributed by atoms with Crippen molar-refractivity contribution in [3.05, 3.63) is 47.3 Å². The van der Waals surface area contributed by atoms with Gasteiger partial charge in [-0.15, -0.1) is 5.10 Å². The second-order valence-electron chi connectivity index (χ2n) is 4.64. The minimum Gasteiger partial charge on any atom is -0.271 e. The Morgan fingerprint density at radius 2 is 2.00 bits per heavy atom. The van der Waals surface area contributed by atoms with Crippen LogP contribution in [0.25, 0.3) is 0 Å². The summed E-state index contributed by atoms with van der Waals surface area (Å²) in [5.74, 6) is 5.60. The second-order valence-corrected chi connectivity index (χ2v) is 4.64. The van der Waals surface area contributed by atoms with E-state index in [4.69, 9.17) is 5.84 Å². The molecule has 0 fully saturated rings. The lowest BCUT2D eigenvalue weighted by Gasteiger charge is -2.14. The molecule has 2 aromatic rings. The molecular weight excluding hydrogens is 226 g/mol. The van der Waals surface area contributed by atoms with Crippen molar-refractivity contribution in [1.29, 1.82) is 0 Å². The molecule has 5 heteroatoms. The Hall–Kier alpha value is -1.72. The summed E-state index contributed by atoms with van der Waals surface area (Å²) in [5, 5.41) is 8.00. The first-order chi connectivity index (χ1) is 8.67. The first kappa shape index (κ1) is 12.7. The summed E-state index contributed by atoms with van der Waals surface area (Å²) < 4.78 is 1.70. The Morgan fingerprint density at radius 3 is 2.56 bits per heavy atom. The number of nitrogens with one attached hydrogen (secondary N) is 1. The zero-order valence-electron chi connectivity index (χ0n) is 10.8. The lowest BCUT2D eigenvalue weighted by atomic mass is 10.0. The van der Waals surface area contributed by atoms with Crippen LogP contribution in [-0.4, -0.2) is 21.0 Å². The van der Waals surface area contributed by atoms with Gasteiger partial charge in [-0.3, -0.25) is 16.0 Å². The molecule has 1 unspecified atom stereocenters. The van der Waals surface area contributed by atoms with Crippen LogP contribution >= 0.6 is 0 Å². The molecule has 3 N–H and O–H groups in total. The van der Waals surface area contributed by atoms with Gasteiger partial charge >= 0.3 is 0 Å². The molecular formula is C13H19N5. The number of hydrazine groups is 1. The molecule has 0 saturated carbocycles. The average Bonchev–Trinajstić information content (AvgIpc) is 2.77. The predicted octanol–water partition coefficient (Wildman–Crippen LogP) is 0.741. The third-order valence-electron chi connectivity index (χ3n) is 2.94. The van der Waals surface area contributed by atoms with E-state index in [1.165, 1.54) is 11.1 Å². The fourth-order valence-electron chi connectivity index (χ4n) is 1.94. The lowest BCUT2D eigenvalue weighted by molar-refractivity contribution is 0.517. The van der Waals surface area contributed by atoms with Crippen molar-refractivity contribution in [2.45, 2.75) is 25.8 Å². The van der Waals surface area contributed by atoms with Crippen molar-refractivity contribution >= 4 is 0 Å². The van der Waals surface area contributed by atoms with Gasteiger partial charge in [-0.05, 0) is 18.9 Å². The van der Waals surface area contributed by atoms with Crippen molar-refractivity contribution in [2.75, 3.05) is 0 Å². The van der Waals surface area contributed by atoms with Gasteiger partial charge in [0.15, 0.2) is 0 Å². The van der Waals surface area contributed by atoms with Gasteiger partial charge in [-0.25, -0.2) is 0 Å². The van der Waals surface area contributed by atoms with Crippen LogP contribution in [0.4, 0.5) is 0 Å². The van der Waals surface area contributed by atoms with Crippen molar-refractivity contribution in [1.82, 2.24) is 20.4 Å². The van der Waals surface area contributed by atoms with Crippen LogP contribution in [0.15, 0.2) is 30.5 Å². The average molecular weight is 245 g/mol. The van der Waals surface area contributed by atoms with Crippen LogP contribution in [0.5, 0.6) is 0 Å². The first-order valence-electron chi connectivity index (χ1n) is 6.04. The Kier molecular flexibility index (Phi) is 4.07. The van der Waals surface area contributed by atoms with Crippen molar-refractivity contribution in [3.8, 4) is 0 Å². The summed E-state index contributed by atoms with van der Waals surface area (Å²) >= 11 is 0. The molecule has 0 bridgehead atoms. The molecule has 0 aliphatic carbocycles. The number of hydrogen-bond donors (Lipinski definition) is 2. The molecule has 0 aliphatic rings. The van der Waals surface area contributed by atoms with Gasteiger partial charge in [-0.2, -0.15) is 0 Å². The molecule has 1 aromatic heterocycles. The van der Waals surface area contributed by atoms with Crippen LogP contribution in [0.2, 0.25) is 0 Å². The summed E-state index contributed by atoms with van der Waals surface area (Å²) in [6, 6.07) is 8.67. The topological polar surface area (TPSA) is 68.8 Å². The summed E-state index contributed by atoms with van der Waals surface area (Å²) in [4.78, 5) is 0. The van der Waals surface area contributed by atoms with E-state index in [1.807, 2.05) is 13.2 Å². The summed E-state index contributed by atoms with van der Waals surface area (Å²) in [5.41, 5.74) is 6.34. The third-order valence-corrected chi connectivity index (χ3v) is 2.94. The van der Waals surface area contributed by atoms with E-state index in [9.17, 15) is 0 Å². The number of aromatic nitrogens is 3. The third kappa shape index (κ3) is 3.38. The van der Waals surface area contributed by atoms with Crippen molar-refractivity contribution < 1.29 is 0 Å². The second kappa shape index (κ2) is 5.75. The number of hydrogen-bond acceptors (Lipinski definition) is 4. The minimum atomic E-state index is 0.171. The Morgan fingerprint density at radius 1 is 1.28 bits per heavy atom. The van der Waals surface area contributed by atoms with E-state index in [-0.39, 0.29) is 6.04 Å². The van der Waals surface area contributed by atoms with Gasteiger partial charge in [0.2, 0.25) is 0 Å². The zero-order valence-corrected chi connectivity index (χ0v) is 10.8. The highest BCUT2D eigenvalue weighted by atomic mass is 15.4. The van der Waals surface area contributed by atoms with E-state index in [0.29, 0.717) is 0 Å². The number of aryl methyl sites for hydroxylation is 2. The number of nitrogens with zero attached hydrogens (tertiary/aromatic N) is 3. The molecule has 0 aliphatic heterocycles. The van der Waals surface area contributed by atoms with E-state index in [0.717, 1.165) is 18.5 Å². The van der Waals surface area contributed by atoms with Crippen LogP contribution in [0, 0.1) is 6.92 Å². The van der Waals surface area contributed by atoms with E-state index in [1.54, 1.807) is 4.68 Å². The van der Waals surface area contributed by atoms with Gasteiger partial charge in [-0.1, -0.05) is 35.0 Å². The molecule has 1 atom stereocenters. The molecule has 2 rings (SSSR count). The maximum absolute atomic E-state index is 5.60. The maximum Gasteiger partial charge on any atom is 0.0843 e. The SMILES string of the molecule is Cc1ccc(CC(Cc2cn(C)nn2)NN)cc1. The Balaban J connectivity index is 1.99. The maximum atomic E-state index is 5.60. The normalized spacial score (nSPS) is 12.6. The standard InChI is InChI=1S/C13H19N5/c1-10-3-5-11(6-4-10)7-12(15-14)8-13-9-18(2)17-16-13/h3-6,9,12,15H,7-8,14H2,1-2H3. The van der Waals surface area contributed by atoms with Crippen molar-refractivity contribution in [2.24, 2.45) is 12.9 Å². The predicted molar refractivity (Wildman–Crippen MR) is 70.7 cm³/mol. The molecule has 1 heterocycles. The van der Waals surface area contributed by atoms with Gasteiger partial charge in [0.05, 0.1) is 5.69 Å². The minimum absolute atomic E-state index is 0.171. The highest BCUT2D eigenvalue weighted by Crippen LogP contribution is 2.08. The van der Waals surface area contributed by atoms with Crippen molar-refractivity contribution in [3.63, 3.8) is 0 Å². The fourth-order valence-corrected chi connectivity index (χ4v) is 1.94. The molecule has 0 radical (unpaired) electrons. The first-order valence-corrected chi connectivity index (χ1v) is 6.04. The van der Waals surface area contributed by atoms with Gasteiger partial charge in [0.1, 0.15) is 0 Å². The van der Waals surface area contributed by atoms with E-state index >= 15 is 0 Å². The quantitative estimate of drug-likeness (QED) is 0.602. The van der Waals surface area contributed by atoms with Gasteiger partial charge in [0.25, 0.3) is 0 Å². The smallest absolute Gasteiger partial charge is 0.0843 e. The highest BCUT2D eigenvalue weighted by Gasteiger charge is 2.11. The number of rotatable bonds is 5. The highest BCUT2D eigenvalue weighted by molar-refractivity contribution is 5.22. The Bertz CT molecular complexity index is 488. The molecule has 5 nitrogen and oxygen atoms in total. The fraction of sp³-hybridized carbons (Fsp3) is 0.385. The zero-order chi connectivity index (χ0) is 13.0.